The number of nitrogens with zero attached hydrogens (tertiary/aromatic N) is 3. The highest BCUT2D eigenvalue weighted by Gasteiger charge is 2.32. The van der Waals surface area contributed by atoms with Gasteiger partial charge in [0.25, 0.3) is 0 Å². The van der Waals surface area contributed by atoms with Crippen LogP contribution in [-0.2, 0) is 6.18 Å². The lowest BCUT2D eigenvalue weighted by atomic mass is 10.2. The number of aromatic nitrogens is 2. The number of aliphatic imine (C=N–C) groups is 1. The molecule has 11 heteroatoms. The number of anilines is 1. The average molecular weight is 534 g/mol. The molecule has 0 radical (unpaired) electrons. The number of rotatable bonds is 6. The van der Waals surface area contributed by atoms with Gasteiger partial charge in [-0.2, -0.15) is 13.2 Å². The summed E-state index contributed by atoms with van der Waals surface area (Å²) in [5.41, 5.74) is -0.176. The molecule has 30 heavy (non-hydrogen) atoms. The number of furan rings is 1. The largest absolute Gasteiger partial charge is 0.459 e. The van der Waals surface area contributed by atoms with Crippen LogP contribution >= 0.6 is 24.0 Å². The monoisotopic (exact) mass is 534 g/mol. The molecular weight excluding hydrogens is 512 g/mol. The molecule has 3 rings (SSSR count). The molecule has 0 saturated carbocycles. The SMILES string of the molecule is CN=C(NCCNc1nccc(C(F)(F)F)n1)NC(C)c1cc2ccccc2o1.I. The van der Waals surface area contributed by atoms with Crippen LogP contribution in [0.2, 0.25) is 0 Å². The third-order valence-corrected chi connectivity index (χ3v) is 4.09. The lowest BCUT2D eigenvalue weighted by Gasteiger charge is -2.16. The normalized spacial score (nSPS) is 12.9. The van der Waals surface area contributed by atoms with Crippen molar-refractivity contribution in [3.05, 3.63) is 54.0 Å². The molecule has 162 valence electrons. The Labute approximate surface area is 188 Å². The van der Waals surface area contributed by atoms with E-state index in [0.29, 0.717) is 19.0 Å². The van der Waals surface area contributed by atoms with Gasteiger partial charge in [-0.1, -0.05) is 18.2 Å². The average Bonchev–Trinajstić information content (AvgIpc) is 3.14. The first-order chi connectivity index (χ1) is 13.9. The van der Waals surface area contributed by atoms with E-state index in [2.05, 4.69) is 30.9 Å². The fraction of sp³-hybridized carbons (Fsp3) is 0.316. The molecule has 0 aliphatic heterocycles. The van der Waals surface area contributed by atoms with Crippen molar-refractivity contribution in [3.8, 4) is 0 Å². The molecule has 0 amide bonds. The molecule has 0 spiro atoms. The second kappa shape index (κ2) is 10.5. The quantitative estimate of drug-likeness (QED) is 0.190. The van der Waals surface area contributed by atoms with E-state index in [4.69, 9.17) is 4.42 Å². The third-order valence-electron chi connectivity index (χ3n) is 4.09. The Balaban J connectivity index is 0.00000320. The lowest BCUT2D eigenvalue weighted by molar-refractivity contribution is -0.141. The van der Waals surface area contributed by atoms with Crippen LogP contribution in [0, 0.1) is 0 Å². The van der Waals surface area contributed by atoms with Gasteiger partial charge in [-0.05, 0) is 25.1 Å². The van der Waals surface area contributed by atoms with Crippen LogP contribution in [0.5, 0.6) is 0 Å². The molecule has 2 heterocycles. The zero-order chi connectivity index (χ0) is 20.9. The number of nitrogens with one attached hydrogen (secondary N) is 3. The van der Waals surface area contributed by atoms with E-state index in [0.717, 1.165) is 29.0 Å². The maximum Gasteiger partial charge on any atom is 0.433 e. The molecule has 3 N–H and O–H groups in total. The van der Waals surface area contributed by atoms with Crippen LogP contribution in [0.1, 0.15) is 24.4 Å². The van der Waals surface area contributed by atoms with E-state index in [1.165, 1.54) is 0 Å². The van der Waals surface area contributed by atoms with Crippen molar-refractivity contribution in [2.24, 2.45) is 4.99 Å². The van der Waals surface area contributed by atoms with E-state index < -0.39 is 11.9 Å². The number of fused-ring (bicyclic) bond motifs is 1. The van der Waals surface area contributed by atoms with E-state index in [9.17, 15) is 13.2 Å². The summed E-state index contributed by atoms with van der Waals surface area (Å²) in [5, 5.41) is 10.1. The number of benzene rings is 1. The molecular formula is C19H22F3IN6O. The predicted molar refractivity (Wildman–Crippen MR) is 120 cm³/mol. The Morgan fingerprint density at radius 3 is 2.67 bits per heavy atom. The summed E-state index contributed by atoms with van der Waals surface area (Å²) in [6, 6.07) is 10.4. The molecule has 1 atom stereocenters. The number of para-hydroxylation sites is 1. The first-order valence-electron chi connectivity index (χ1n) is 8.96. The van der Waals surface area contributed by atoms with Crippen LogP contribution in [0.3, 0.4) is 0 Å². The van der Waals surface area contributed by atoms with Crippen molar-refractivity contribution in [1.29, 1.82) is 0 Å². The van der Waals surface area contributed by atoms with E-state index in [-0.39, 0.29) is 36.0 Å². The Bertz CT molecular complexity index is 959. The van der Waals surface area contributed by atoms with Crippen LogP contribution < -0.4 is 16.0 Å². The van der Waals surface area contributed by atoms with E-state index in [1.807, 2.05) is 37.3 Å². The summed E-state index contributed by atoms with van der Waals surface area (Å²) in [6.45, 7) is 2.65. The van der Waals surface area contributed by atoms with Crippen LogP contribution in [-0.4, -0.2) is 36.1 Å². The Morgan fingerprint density at radius 2 is 1.97 bits per heavy atom. The molecule has 7 nitrogen and oxygen atoms in total. The van der Waals surface area contributed by atoms with Crippen LogP contribution in [0.4, 0.5) is 19.1 Å². The second-order valence-electron chi connectivity index (χ2n) is 6.24. The first-order valence-corrected chi connectivity index (χ1v) is 8.96. The summed E-state index contributed by atoms with van der Waals surface area (Å²) < 4.78 is 43.9. The van der Waals surface area contributed by atoms with E-state index >= 15 is 0 Å². The number of guanidine groups is 1. The van der Waals surface area contributed by atoms with Gasteiger partial charge in [0.05, 0.1) is 6.04 Å². The number of alkyl halides is 3. The Kier molecular flexibility index (Phi) is 8.26. The maximum atomic E-state index is 12.7. The predicted octanol–water partition coefficient (Wildman–Crippen LogP) is 4.20. The smallest absolute Gasteiger partial charge is 0.433 e. The van der Waals surface area contributed by atoms with E-state index in [1.54, 1.807) is 7.05 Å². The molecule has 0 aliphatic rings. The third kappa shape index (κ3) is 6.21. The highest BCUT2D eigenvalue weighted by atomic mass is 127. The van der Waals surface area contributed by atoms with Gasteiger partial charge in [0.15, 0.2) is 5.96 Å². The van der Waals surface area contributed by atoms with Gasteiger partial charge >= 0.3 is 6.18 Å². The molecule has 1 unspecified atom stereocenters. The topological polar surface area (TPSA) is 87.4 Å². The molecule has 3 aromatic rings. The number of hydrogen-bond donors (Lipinski definition) is 3. The van der Waals surface area contributed by atoms with Crippen molar-refractivity contribution in [3.63, 3.8) is 0 Å². The van der Waals surface area contributed by atoms with Crippen molar-refractivity contribution < 1.29 is 17.6 Å². The van der Waals surface area contributed by atoms with Crippen molar-refractivity contribution in [2.75, 3.05) is 25.5 Å². The zero-order valence-electron chi connectivity index (χ0n) is 16.3. The minimum Gasteiger partial charge on any atom is -0.459 e. The molecule has 1 aromatic carbocycles. The van der Waals surface area contributed by atoms with Gasteiger partial charge < -0.3 is 20.4 Å². The summed E-state index contributed by atoms with van der Waals surface area (Å²) in [7, 11) is 1.63. The fourth-order valence-electron chi connectivity index (χ4n) is 2.64. The standard InChI is InChI=1S/C19H21F3N6O.HI/c1-12(15-11-13-5-3-4-6-14(13)29-15)27-17(23-2)25-9-10-26-18-24-8-7-16(28-18)19(20,21)22;/h3-8,11-12H,9-10H2,1-2H3,(H2,23,25,27)(H,24,26,28);1H. The number of hydrogen-bond acceptors (Lipinski definition) is 5. The van der Waals surface area contributed by atoms with Crippen molar-refractivity contribution >= 4 is 46.9 Å². The molecule has 2 aromatic heterocycles. The molecule has 0 bridgehead atoms. The highest BCUT2D eigenvalue weighted by molar-refractivity contribution is 14.0. The molecule has 0 saturated heterocycles. The maximum absolute atomic E-state index is 12.7. The van der Waals surface area contributed by atoms with Crippen LogP contribution in [0.15, 0.2) is 52.0 Å². The Morgan fingerprint density at radius 1 is 1.20 bits per heavy atom. The summed E-state index contributed by atoms with van der Waals surface area (Å²) in [5.74, 6) is 1.22. The Hall–Kier alpha value is -2.57. The highest BCUT2D eigenvalue weighted by Crippen LogP contribution is 2.27. The number of halogens is 4. The first kappa shape index (κ1) is 23.7. The van der Waals surface area contributed by atoms with Gasteiger partial charge in [-0.25, -0.2) is 9.97 Å². The van der Waals surface area contributed by atoms with Crippen LogP contribution in [0.25, 0.3) is 11.0 Å². The zero-order valence-corrected chi connectivity index (χ0v) is 18.7. The van der Waals surface area contributed by atoms with Gasteiger partial charge in [-0.3, -0.25) is 4.99 Å². The summed E-state index contributed by atoms with van der Waals surface area (Å²) in [6.07, 6.45) is -3.43. The van der Waals surface area contributed by atoms with Gasteiger partial charge in [-0.15, -0.1) is 24.0 Å². The minimum atomic E-state index is -4.50. The van der Waals surface area contributed by atoms with Crippen molar-refractivity contribution in [1.82, 2.24) is 20.6 Å². The van der Waals surface area contributed by atoms with Gasteiger partial charge in [0.2, 0.25) is 5.95 Å². The molecule has 0 fully saturated rings. The molecule has 0 aliphatic carbocycles. The van der Waals surface area contributed by atoms with Gasteiger partial charge in [0, 0.05) is 31.7 Å². The lowest BCUT2D eigenvalue weighted by Crippen LogP contribution is -2.40. The fourth-order valence-corrected chi connectivity index (χ4v) is 2.64. The second-order valence-corrected chi connectivity index (χ2v) is 6.24. The van der Waals surface area contributed by atoms with Crippen molar-refractivity contribution in [2.45, 2.75) is 19.1 Å². The summed E-state index contributed by atoms with van der Waals surface area (Å²) in [4.78, 5) is 11.4. The summed E-state index contributed by atoms with van der Waals surface area (Å²) >= 11 is 0. The van der Waals surface area contributed by atoms with Gasteiger partial charge in [0.1, 0.15) is 17.0 Å². The minimum absolute atomic E-state index is 0.